The van der Waals surface area contributed by atoms with Crippen LogP contribution in [-0.2, 0) is 9.53 Å². The van der Waals surface area contributed by atoms with Crippen molar-refractivity contribution in [3.63, 3.8) is 0 Å². The molecule has 0 saturated carbocycles. The van der Waals surface area contributed by atoms with Crippen LogP contribution in [0.3, 0.4) is 0 Å². The Labute approximate surface area is 208 Å². The maximum absolute atomic E-state index is 13.2. The van der Waals surface area contributed by atoms with Crippen molar-refractivity contribution >= 4 is 18.0 Å². The zero-order valence-corrected chi connectivity index (χ0v) is 21.8. The molecule has 2 aliphatic heterocycles. The standard InChI is InChI=1S/C26H39N5O4/c1-7-35-23(32)21-20(29(6)24(33)27-22(21)19-12-9-8-11-18(19)2)17-30-13-10-14-31(16-15-30)25(34)28-26(3,4)5/h8-9,11-12,22H,7,10,13-17H2,1-6H3,(H,27,33)(H,28,34)/t22-/m0/s1. The van der Waals surface area contributed by atoms with E-state index in [-0.39, 0.29) is 24.2 Å². The van der Waals surface area contributed by atoms with Crippen molar-refractivity contribution in [1.29, 1.82) is 0 Å². The average molecular weight is 486 g/mol. The minimum Gasteiger partial charge on any atom is -0.463 e. The van der Waals surface area contributed by atoms with Crippen LogP contribution in [0.25, 0.3) is 0 Å². The number of aryl methyl sites for hydroxylation is 1. The molecular weight excluding hydrogens is 446 g/mol. The van der Waals surface area contributed by atoms with E-state index in [0.717, 1.165) is 24.1 Å². The molecule has 192 valence electrons. The minimum atomic E-state index is -0.588. The monoisotopic (exact) mass is 485 g/mol. The summed E-state index contributed by atoms with van der Waals surface area (Å²) in [4.78, 5) is 44.4. The van der Waals surface area contributed by atoms with Gasteiger partial charge < -0.3 is 20.3 Å². The zero-order chi connectivity index (χ0) is 25.8. The third-order valence-corrected chi connectivity index (χ3v) is 6.30. The van der Waals surface area contributed by atoms with E-state index in [1.54, 1.807) is 14.0 Å². The topological polar surface area (TPSA) is 94.2 Å². The van der Waals surface area contributed by atoms with E-state index in [2.05, 4.69) is 15.5 Å². The molecule has 1 aromatic carbocycles. The molecule has 2 N–H and O–H groups in total. The molecule has 1 fully saturated rings. The number of nitrogens with zero attached hydrogens (tertiary/aromatic N) is 3. The summed E-state index contributed by atoms with van der Waals surface area (Å²) in [6.45, 7) is 12.9. The summed E-state index contributed by atoms with van der Waals surface area (Å²) in [5.41, 5.74) is 2.64. The van der Waals surface area contributed by atoms with Gasteiger partial charge in [0.1, 0.15) is 0 Å². The lowest BCUT2D eigenvalue weighted by molar-refractivity contribution is -0.139. The second-order valence-corrected chi connectivity index (χ2v) is 10.2. The minimum absolute atomic E-state index is 0.0699. The summed E-state index contributed by atoms with van der Waals surface area (Å²) in [6.07, 6.45) is 0.802. The maximum atomic E-state index is 13.2. The third kappa shape index (κ3) is 6.54. The van der Waals surface area contributed by atoms with Crippen LogP contribution >= 0.6 is 0 Å². The molecule has 0 unspecified atom stereocenters. The van der Waals surface area contributed by atoms with Crippen LogP contribution in [0.4, 0.5) is 9.59 Å². The van der Waals surface area contributed by atoms with Crippen molar-refractivity contribution < 1.29 is 19.1 Å². The Morgan fingerprint density at radius 3 is 2.51 bits per heavy atom. The molecule has 35 heavy (non-hydrogen) atoms. The summed E-state index contributed by atoms with van der Waals surface area (Å²) in [5.74, 6) is -0.427. The van der Waals surface area contributed by atoms with E-state index < -0.39 is 12.0 Å². The summed E-state index contributed by atoms with van der Waals surface area (Å²) in [7, 11) is 1.68. The number of hydrogen-bond acceptors (Lipinski definition) is 5. The molecule has 0 aliphatic carbocycles. The van der Waals surface area contributed by atoms with E-state index in [9.17, 15) is 14.4 Å². The molecule has 2 aliphatic rings. The Kier molecular flexibility index (Phi) is 8.43. The summed E-state index contributed by atoms with van der Waals surface area (Å²) >= 11 is 0. The number of benzene rings is 1. The lowest BCUT2D eigenvalue weighted by Crippen LogP contribution is -2.50. The average Bonchev–Trinajstić information content (AvgIpc) is 3.02. The number of likely N-dealkylation sites (N-methyl/N-ethyl adjacent to an activating group) is 1. The summed E-state index contributed by atoms with van der Waals surface area (Å²) in [5, 5.41) is 6.01. The predicted octanol–water partition coefficient (Wildman–Crippen LogP) is 3.02. The van der Waals surface area contributed by atoms with E-state index >= 15 is 0 Å². The number of amides is 4. The molecule has 0 bridgehead atoms. The summed E-state index contributed by atoms with van der Waals surface area (Å²) < 4.78 is 5.44. The van der Waals surface area contributed by atoms with Gasteiger partial charge in [-0.1, -0.05) is 24.3 Å². The lowest BCUT2D eigenvalue weighted by atomic mass is 9.91. The first kappa shape index (κ1) is 26.5. The summed E-state index contributed by atoms with van der Waals surface area (Å²) in [6, 6.07) is 6.82. The smallest absolute Gasteiger partial charge is 0.338 e. The van der Waals surface area contributed by atoms with E-state index in [1.807, 2.05) is 56.9 Å². The quantitative estimate of drug-likeness (QED) is 0.626. The number of carbonyl (C=O) groups excluding carboxylic acids is 3. The fourth-order valence-corrected chi connectivity index (χ4v) is 4.49. The largest absolute Gasteiger partial charge is 0.463 e. The number of carbonyl (C=O) groups is 3. The number of hydrogen-bond donors (Lipinski definition) is 2. The normalized spacial score (nSPS) is 19.8. The molecule has 9 heteroatoms. The predicted molar refractivity (Wildman–Crippen MR) is 135 cm³/mol. The Morgan fingerprint density at radius 2 is 1.86 bits per heavy atom. The van der Waals surface area contributed by atoms with E-state index in [4.69, 9.17) is 4.74 Å². The molecule has 1 atom stereocenters. The van der Waals surface area contributed by atoms with Gasteiger partial charge in [-0.25, -0.2) is 14.4 Å². The van der Waals surface area contributed by atoms with Crippen LogP contribution in [0.1, 0.15) is 51.3 Å². The van der Waals surface area contributed by atoms with Crippen LogP contribution < -0.4 is 10.6 Å². The van der Waals surface area contributed by atoms with Gasteiger partial charge in [0.05, 0.1) is 18.2 Å². The highest BCUT2D eigenvalue weighted by molar-refractivity contribution is 5.95. The van der Waals surface area contributed by atoms with Crippen LogP contribution in [-0.4, -0.2) is 84.6 Å². The van der Waals surface area contributed by atoms with Gasteiger partial charge in [-0.2, -0.15) is 0 Å². The molecule has 0 radical (unpaired) electrons. The second-order valence-electron chi connectivity index (χ2n) is 10.2. The Balaban J connectivity index is 1.89. The van der Waals surface area contributed by atoms with Gasteiger partial charge in [0.2, 0.25) is 0 Å². The molecule has 1 aromatic rings. The van der Waals surface area contributed by atoms with Gasteiger partial charge in [0, 0.05) is 51.0 Å². The van der Waals surface area contributed by atoms with E-state index in [1.165, 1.54) is 4.90 Å². The van der Waals surface area contributed by atoms with E-state index in [0.29, 0.717) is 37.4 Å². The van der Waals surface area contributed by atoms with Gasteiger partial charge in [0.15, 0.2) is 0 Å². The first-order valence-corrected chi connectivity index (χ1v) is 12.3. The lowest BCUT2D eigenvalue weighted by Gasteiger charge is -2.37. The third-order valence-electron chi connectivity index (χ3n) is 6.30. The van der Waals surface area contributed by atoms with Crippen LogP contribution in [0.5, 0.6) is 0 Å². The van der Waals surface area contributed by atoms with Gasteiger partial charge in [-0.05, 0) is 52.2 Å². The first-order chi connectivity index (χ1) is 16.5. The van der Waals surface area contributed by atoms with Gasteiger partial charge in [-0.15, -0.1) is 0 Å². The number of esters is 1. The molecule has 3 rings (SSSR count). The maximum Gasteiger partial charge on any atom is 0.338 e. The molecular formula is C26H39N5O4. The fourth-order valence-electron chi connectivity index (χ4n) is 4.49. The highest BCUT2D eigenvalue weighted by atomic mass is 16.5. The van der Waals surface area contributed by atoms with Crippen molar-refractivity contribution in [2.45, 2.75) is 52.6 Å². The molecule has 9 nitrogen and oxygen atoms in total. The Hall–Kier alpha value is -3.07. The van der Waals surface area contributed by atoms with Gasteiger partial charge >= 0.3 is 18.0 Å². The van der Waals surface area contributed by atoms with Crippen LogP contribution in [0, 0.1) is 6.92 Å². The van der Waals surface area contributed by atoms with Crippen LogP contribution in [0.2, 0.25) is 0 Å². The Bertz CT molecular complexity index is 984. The number of nitrogens with one attached hydrogen (secondary N) is 2. The van der Waals surface area contributed by atoms with Crippen molar-refractivity contribution in [1.82, 2.24) is 25.3 Å². The van der Waals surface area contributed by atoms with Crippen molar-refractivity contribution in [3.05, 3.63) is 46.7 Å². The fraction of sp³-hybridized carbons (Fsp3) is 0.577. The zero-order valence-electron chi connectivity index (χ0n) is 21.8. The number of ether oxygens (including phenoxy) is 1. The molecule has 0 aromatic heterocycles. The molecule has 0 spiro atoms. The van der Waals surface area contributed by atoms with Crippen molar-refractivity contribution in [2.24, 2.45) is 0 Å². The molecule has 1 saturated heterocycles. The highest BCUT2D eigenvalue weighted by Crippen LogP contribution is 2.33. The van der Waals surface area contributed by atoms with Gasteiger partial charge in [-0.3, -0.25) is 9.80 Å². The number of urea groups is 2. The number of rotatable bonds is 5. The van der Waals surface area contributed by atoms with Gasteiger partial charge in [0.25, 0.3) is 0 Å². The Morgan fingerprint density at radius 1 is 1.14 bits per heavy atom. The highest BCUT2D eigenvalue weighted by Gasteiger charge is 2.38. The second kappa shape index (κ2) is 11.1. The molecule has 4 amide bonds. The molecule has 2 heterocycles. The van der Waals surface area contributed by atoms with Crippen molar-refractivity contribution in [3.8, 4) is 0 Å². The van der Waals surface area contributed by atoms with Crippen molar-refractivity contribution in [2.75, 3.05) is 46.4 Å². The first-order valence-electron chi connectivity index (χ1n) is 12.3. The SMILES string of the molecule is CCOC(=O)C1=C(CN2CCCN(C(=O)NC(C)(C)C)CC2)N(C)C(=O)N[C@H]1c1ccccc1C. The van der Waals surface area contributed by atoms with Crippen LogP contribution in [0.15, 0.2) is 35.5 Å².